The molecule has 1 N–H and O–H groups in total. The SMILES string of the molecule is CCCN(CC(=O)O)c1ccc(C#N)cc1C(F)(F)F. The molecule has 0 spiro atoms. The van der Waals surface area contributed by atoms with Crippen LogP contribution in [0.2, 0.25) is 0 Å². The van der Waals surface area contributed by atoms with Gasteiger partial charge in [0.2, 0.25) is 0 Å². The van der Waals surface area contributed by atoms with E-state index in [0.29, 0.717) is 6.42 Å². The van der Waals surface area contributed by atoms with Crippen molar-refractivity contribution in [2.24, 2.45) is 0 Å². The molecule has 0 atom stereocenters. The largest absolute Gasteiger partial charge is 0.480 e. The first-order valence-corrected chi connectivity index (χ1v) is 5.87. The summed E-state index contributed by atoms with van der Waals surface area (Å²) in [5.41, 5.74) is -1.33. The molecular weight excluding hydrogens is 273 g/mol. The van der Waals surface area contributed by atoms with Gasteiger partial charge in [0.15, 0.2) is 0 Å². The third kappa shape index (κ3) is 3.88. The molecule has 4 nitrogen and oxygen atoms in total. The topological polar surface area (TPSA) is 64.3 Å². The minimum Gasteiger partial charge on any atom is -0.480 e. The van der Waals surface area contributed by atoms with Crippen LogP contribution in [0.4, 0.5) is 18.9 Å². The Kier molecular flexibility index (Phi) is 4.97. The summed E-state index contributed by atoms with van der Waals surface area (Å²) < 4.78 is 39.1. The van der Waals surface area contributed by atoms with E-state index < -0.39 is 24.3 Å². The summed E-state index contributed by atoms with van der Waals surface area (Å²) in [5.74, 6) is -1.21. The van der Waals surface area contributed by atoms with Gasteiger partial charge in [0.1, 0.15) is 6.54 Å². The molecule has 0 saturated carbocycles. The second kappa shape index (κ2) is 6.28. The number of benzene rings is 1. The van der Waals surface area contributed by atoms with Gasteiger partial charge >= 0.3 is 12.1 Å². The minimum atomic E-state index is -4.65. The molecule has 0 amide bonds. The molecule has 0 aliphatic rings. The molecule has 1 aromatic carbocycles. The summed E-state index contributed by atoms with van der Waals surface area (Å²) in [6, 6.07) is 4.76. The molecule has 108 valence electrons. The predicted octanol–water partition coefficient (Wildman–Crippen LogP) is 2.88. The third-order valence-corrected chi connectivity index (χ3v) is 2.59. The van der Waals surface area contributed by atoms with E-state index in [4.69, 9.17) is 10.4 Å². The van der Waals surface area contributed by atoms with Crippen molar-refractivity contribution in [3.8, 4) is 6.07 Å². The lowest BCUT2D eigenvalue weighted by molar-refractivity contribution is -0.138. The van der Waals surface area contributed by atoms with Gasteiger partial charge in [-0.2, -0.15) is 18.4 Å². The van der Waals surface area contributed by atoms with E-state index in [-0.39, 0.29) is 17.8 Å². The first kappa shape index (κ1) is 15.8. The Bertz CT molecular complexity index is 535. The standard InChI is InChI=1S/C13H13F3N2O2/c1-2-5-18(8-12(19)20)11-4-3-9(7-17)6-10(11)13(14,15)16/h3-4,6H,2,5,8H2,1H3,(H,19,20). The van der Waals surface area contributed by atoms with Crippen molar-refractivity contribution >= 4 is 11.7 Å². The minimum absolute atomic E-state index is 0.118. The highest BCUT2D eigenvalue weighted by Gasteiger charge is 2.35. The van der Waals surface area contributed by atoms with Crippen molar-refractivity contribution < 1.29 is 23.1 Å². The molecule has 1 aromatic rings. The quantitative estimate of drug-likeness (QED) is 0.904. The molecule has 0 bridgehead atoms. The van der Waals surface area contributed by atoms with Gasteiger partial charge in [0.05, 0.1) is 17.2 Å². The van der Waals surface area contributed by atoms with Crippen molar-refractivity contribution in [1.29, 1.82) is 5.26 Å². The molecule has 20 heavy (non-hydrogen) atoms. The highest BCUT2D eigenvalue weighted by Crippen LogP contribution is 2.37. The van der Waals surface area contributed by atoms with Gasteiger partial charge in [-0.05, 0) is 24.6 Å². The van der Waals surface area contributed by atoms with Crippen LogP contribution in [0.15, 0.2) is 18.2 Å². The molecule has 0 aliphatic heterocycles. The first-order valence-electron chi connectivity index (χ1n) is 5.87. The van der Waals surface area contributed by atoms with E-state index >= 15 is 0 Å². The maximum atomic E-state index is 13.0. The summed E-state index contributed by atoms with van der Waals surface area (Å²) in [7, 11) is 0. The third-order valence-electron chi connectivity index (χ3n) is 2.59. The fourth-order valence-electron chi connectivity index (χ4n) is 1.83. The van der Waals surface area contributed by atoms with Crippen molar-refractivity contribution in [2.45, 2.75) is 19.5 Å². The van der Waals surface area contributed by atoms with E-state index in [1.165, 1.54) is 6.07 Å². The zero-order valence-electron chi connectivity index (χ0n) is 10.7. The van der Waals surface area contributed by atoms with Crippen LogP contribution in [0, 0.1) is 11.3 Å². The fraction of sp³-hybridized carbons (Fsp3) is 0.385. The van der Waals surface area contributed by atoms with Gasteiger partial charge in [-0.25, -0.2) is 0 Å². The number of carboxylic acid groups (broad SMARTS) is 1. The summed E-state index contributed by atoms with van der Waals surface area (Å²) in [6.45, 7) is 1.40. The van der Waals surface area contributed by atoms with Gasteiger partial charge < -0.3 is 10.0 Å². The van der Waals surface area contributed by atoms with E-state index in [1.807, 2.05) is 0 Å². The van der Waals surface area contributed by atoms with Gasteiger partial charge in [0, 0.05) is 12.2 Å². The number of nitrogens with zero attached hydrogens (tertiary/aromatic N) is 2. The Morgan fingerprint density at radius 2 is 2.10 bits per heavy atom. The average molecular weight is 286 g/mol. The molecule has 0 radical (unpaired) electrons. The Labute approximate surface area is 114 Å². The molecule has 0 unspecified atom stereocenters. The number of anilines is 1. The monoisotopic (exact) mass is 286 g/mol. The number of alkyl halides is 3. The maximum absolute atomic E-state index is 13.0. The van der Waals surface area contributed by atoms with Crippen molar-refractivity contribution in [2.75, 3.05) is 18.0 Å². The average Bonchev–Trinajstić information content (AvgIpc) is 2.36. The van der Waals surface area contributed by atoms with Crippen LogP contribution in [0.1, 0.15) is 24.5 Å². The smallest absolute Gasteiger partial charge is 0.418 e. The number of carboxylic acids is 1. The highest BCUT2D eigenvalue weighted by atomic mass is 19.4. The van der Waals surface area contributed by atoms with Crippen molar-refractivity contribution in [3.05, 3.63) is 29.3 Å². The van der Waals surface area contributed by atoms with Gasteiger partial charge in [-0.3, -0.25) is 4.79 Å². The lowest BCUT2D eigenvalue weighted by Gasteiger charge is -2.25. The van der Waals surface area contributed by atoms with Crippen LogP contribution in [0.25, 0.3) is 0 Å². The summed E-state index contributed by atoms with van der Waals surface area (Å²) in [6.07, 6.45) is -4.14. The second-order valence-corrected chi connectivity index (χ2v) is 4.16. The van der Waals surface area contributed by atoms with Crippen LogP contribution in [0.5, 0.6) is 0 Å². The van der Waals surface area contributed by atoms with E-state index in [9.17, 15) is 18.0 Å². The van der Waals surface area contributed by atoms with E-state index in [0.717, 1.165) is 17.0 Å². The molecule has 0 aliphatic carbocycles. The lowest BCUT2D eigenvalue weighted by Crippen LogP contribution is -2.32. The number of rotatable bonds is 5. The van der Waals surface area contributed by atoms with Crippen LogP contribution in [-0.2, 0) is 11.0 Å². The normalized spacial score (nSPS) is 10.9. The van der Waals surface area contributed by atoms with Crippen LogP contribution < -0.4 is 4.90 Å². The van der Waals surface area contributed by atoms with Crippen LogP contribution >= 0.6 is 0 Å². The van der Waals surface area contributed by atoms with Gasteiger partial charge in [-0.1, -0.05) is 6.92 Å². The Morgan fingerprint density at radius 1 is 1.45 bits per heavy atom. The summed E-state index contributed by atoms with van der Waals surface area (Å²) in [5, 5.41) is 17.5. The first-order chi connectivity index (χ1) is 9.29. The zero-order valence-corrected chi connectivity index (χ0v) is 10.7. The molecular formula is C13H13F3N2O2. The molecule has 0 aromatic heterocycles. The number of nitriles is 1. The molecule has 0 fully saturated rings. The summed E-state index contributed by atoms with van der Waals surface area (Å²) in [4.78, 5) is 11.9. The van der Waals surface area contributed by atoms with E-state index in [1.54, 1.807) is 13.0 Å². The number of carbonyl (C=O) groups is 1. The number of halogens is 3. The Hall–Kier alpha value is -2.23. The van der Waals surface area contributed by atoms with Crippen LogP contribution in [0.3, 0.4) is 0 Å². The second-order valence-electron chi connectivity index (χ2n) is 4.16. The van der Waals surface area contributed by atoms with E-state index in [2.05, 4.69) is 0 Å². The fourth-order valence-corrected chi connectivity index (χ4v) is 1.83. The number of hydrogen-bond donors (Lipinski definition) is 1. The Morgan fingerprint density at radius 3 is 2.55 bits per heavy atom. The molecule has 7 heteroatoms. The number of hydrogen-bond acceptors (Lipinski definition) is 3. The predicted molar refractivity (Wildman–Crippen MR) is 66.3 cm³/mol. The molecule has 1 rings (SSSR count). The molecule has 0 heterocycles. The summed E-state index contributed by atoms with van der Waals surface area (Å²) >= 11 is 0. The highest BCUT2D eigenvalue weighted by molar-refractivity contribution is 5.74. The van der Waals surface area contributed by atoms with Gasteiger partial charge in [0.25, 0.3) is 0 Å². The Balaban J connectivity index is 3.33. The van der Waals surface area contributed by atoms with Gasteiger partial charge in [-0.15, -0.1) is 0 Å². The number of aliphatic carboxylic acids is 1. The zero-order chi connectivity index (χ0) is 15.3. The van der Waals surface area contributed by atoms with Crippen LogP contribution in [-0.4, -0.2) is 24.2 Å². The lowest BCUT2D eigenvalue weighted by atomic mass is 10.1. The molecule has 0 saturated heterocycles. The maximum Gasteiger partial charge on any atom is 0.418 e. The van der Waals surface area contributed by atoms with Crippen molar-refractivity contribution in [3.63, 3.8) is 0 Å². The van der Waals surface area contributed by atoms with Crippen molar-refractivity contribution in [1.82, 2.24) is 0 Å².